The van der Waals surface area contributed by atoms with Crippen LogP contribution in [-0.4, -0.2) is 77.2 Å². The molecule has 3 atom stereocenters. The Kier molecular flexibility index (Phi) is 7.29. The van der Waals surface area contributed by atoms with Crippen LogP contribution >= 0.6 is 11.6 Å². The minimum atomic E-state index is -5.10. The number of hydrogen-bond acceptors (Lipinski definition) is 8. The number of halogens is 7. The summed E-state index contributed by atoms with van der Waals surface area (Å²) >= 11 is 6.51. The second kappa shape index (κ2) is 10.6. The Morgan fingerprint density at radius 2 is 1.98 bits per heavy atom. The van der Waals surface area contributed by atoms with Gasteiger partial charge in [-0.1, -0.05) is 11.6 Å². The van der Waals surface area contributed by atoms with E-state index < -0.39 is 41.0 Å². The summed E-state index contributed by atoms with van der Waals surface area (Å²) in [6.45, 7) is 1.47. The number of benzene rings is 1. The number of fused-ring (bicyclic) bond motifs is 3. The van der Waals surface area contributed by atoms with Crippen LogP contribution in [-0.2, 0) is 6.18 Å². The zero-order chi connectivity index (χ0) is 30.0. The van der Waals surface area contributed by atoms with Gasteiger partial charge in [0.25, 0.3) is 6.43 Å². The van der Waals surface area contributed by atoms with E-state index in [-0.39, 0.29) is 59.6 Å². The number of alkyl halides is 5. The lowest BCUT2D eigenvalue weighted by atomic mass is 9.97. The maximum atomic E-state index is 14.6. The van der Waals surface area contributed by atoms with Crippen molar-refractivity contribution in [2.45, 2.75) is 55.9 Å². The van der Waals surface area contributed by atoms with Crippen molar-refractivity contribution in [1.82, 2.24) is 25.2 Å². The van der Waals surface area contributed by atoms with Crippen LogP contribution in [0.5, 0.6) is 6.01 Å². The number of nitrogen functional groups attached to an aromatic ring is 1. The van der Waals surface area contributed by atoms with E-state index in [1.54, 1.807) is 4.90 Å². The first kappa shape index (κ1) is 29.0. The number of piperazine rings is 1. The van der Waals surface area contributed by atoms with Gasteiger partial charge >= 0.3 is 12.2 Å². The molecule has 0 aliphatic carbocycles. The highest BCUT2D eigenvalue weighted by atomic mass is 35.5. The summed E-state index contributed by atoms with van der Waals surface area (Å²) in [5, 5.41) is 3.17. The molecule has 42 heavy (non-hydrogen) atoms. The summed E-state index contributed by atoms with van der Waals surface area (Å²) < 4.78 is 90.7. The Balaban J connectivity index is 1.49. The van der Waals surface area contributed by atoms with Crippen molar-refractivity contribution in [2.24, 2.45) is 0 Å². The lowest BCUT2D eigenvalue weighted by Crippen LogP contribution is -2.63. The summed E-state index contributed by atoms with van der Waals surface area (Å²) in [6, 6.07) is 2.92. The van der Waals surface area contributed by atoms with Crippen LogP contribution in [0, 0.1) is 5.82 Å². The highest BCUT2D eigenvalue weighted by Gasteiger charge is 2.51. The first-order valence-electron chi connectivity index (χ1n) is 13.5. The van der Waals surface area contributed by atoms with E-state index in [0.29, 0.717) is 24.4 Å². The standard InChI is InChI=1S/C27H28ClF6N7O/c1-40-6-2-3-14(40)11-42-25-36-19-8-15(22-21(27(32,33)34)18(29)9-20(35)37-22)17(28)7-16(19)23(38-25)41-10-13-4-5-26(12-41,39-13)24(30)31/h7-9,13-14,24,39H,2-6,10-12H2,1H3,(H2,35,37). The Bertz CT molecular complexity index is 1520. The molecule has 0 radical (unpaired) electrons. The number of likely N-dealkylation sites (tertiary alicyclic amines) is 1. The normalized spacial score (nSPS) is 24.7. The van der Waals surface area contributed by atoms with Gasteiger partial charge < -0.3 is 25.6 Å². The topological polar surface area (TPSA) is 92.4 Å². The average molecular weight is 616 g/mol. The summed E-state index contributed by atoms with van der Waals surface area (Å²) in [5.41, 5.74) is 1.65. The number of likely N-dealkylation sites (N-methyl/N-ethyl adjacent to an activating group) is 1. The van der Waals surface area contributed by atoms with Crippen molar-refractivity contribution in [2.75, 3.05) is 43.9 Å². The van der Waals surface area contributed by atoms with Gasteiger partial charge in [-0.15, -0.1) is 0 Å². The van der Waals surface area contributed by atoms with E-state index in [1.807, 2.05) is 7.05 Å². The number of pyridine rings is 1. The van der Waals surface area contributed by atoms with Crippen LogP contribution in [0.1, 0.15) is 31.2 Å². The number of nitrogens with zero attached hydrogens (tertiary/aromatic N) is 5. The SMILES string of the molecule is CN1CCCC1COc1nc(N2CC3CCC(C(F)F)(C2)N3)c2cc(Cl)c(-c3nc(N)cc(F)c3C(F)(F)F)cc2n1. The van der Waals surface area contributed by atoms with Crippen molar-refractivity contribution in [3.63, 3.8) is 0 Å². The van der Waals surface area contributed by atoms with Crippen LogP contribution in [0.3, 0.4) is 0 Å². The molecule has 3 saturated heterocycles. The quantitative estimate of drug-likeness (QED) is 0.369. The number of anilines is 2. The van der Waals surface area contributed by atoms with Crippen molar-refractivity contribution in [1.29, 1.82) is 0 Å². The summed E-state index contributed by atoms with van der Waals surface area (Å²) in [6.07, 6.45) is -4.99. The van der Waals surface area contributed by atoms with Gasteiger partial charge in [0.1, 0.15) is 29.6 Å². The second-order valence-corrected chi connectivity index (χ2v) is 11.6. The maximum Gasteiger partial charge on any atom is 0.421 e. The van der Waals surface area contributed by atoms with Crippen LogP contribution in [0.25, 0.3) is 22.2 Å². The van der Waals surface area contributed by atoms with E-state index in [1.165, 1.54) is 12.1 Å². The predicted molar refractivity (Wildman–Crippen MR) is 145 cm³/mol. The predicted octanol–water partition coefficient (Wildman–Crippen LogP) is 5.13. The molecule has 15 heteroatoms. The van der Waals surface area contributed by atoms with E-state index in [9.17, 15) is 26.3 Å². The van der Waals surface area contributed by atoms with Crippen molar-refractivity contribution >= 4 is 34.1 Å². The summed E-state index contributed by atoms with van der Waals surface area (Å²) in [7, 11) is 1.97. The van der Waals surface area contributed by atoms with Gasteiger partial charge in [-0.2, -0.15) is 23.1 Å². The number of aromatic nitrogens is 3. The first-order chi connectivity index (χ1) is 19.8. The first-order valence-corrected chi connectivity index (χ1v) is 13.9. The van der Waals surface area contributed by atoms with Crippen LogP contribution in [0.4, 0.5) is 38.0 Å². The minimum absolute atomic E-state index is 0.0579. The molecule has 0 amide bonds. The van der Waals surface area contributed by atoms with E-state index in [2.05, 4.69) is 25.2 Å². The van der Waals surface area contributed by atoms with E-state index in [0.717, 1.165) is 19.4 Å². The van der Waals surface area contributed by atoms with Crippen molar-refractivity contribution < 1.29 is 31.1 Å². The zero-order valence-electron chi connectivity index (χ0n) is 22.5. The number of nitrogens with one attached hydrogen (secondary N) is 1. The fraction of sp³-hybridized carbons (Fsp3) is 0.519. The number of ether oxygens (including phenoxy) is 1. The number of hydrogen-bond donors (Lipinski definition) is 2. The van der Waals surface area contributed by atoms with Crippen LogP contribution in [0.15, 0.2) is 18.2 Å². The fourth-order valence-corrected chi connectivity index (χ4v) is 6.53. The Hall–Kier alpha value is -3.10. The minimum Gasteiger partial charge on any atom is -0.462 e. The molecule has 1 aromatic carbocycles. The zero-order valence-corrected chi connectivity index (χ0v) is 23.2. The van der Waals surface area contributed by atoms with E-state index >= 15 is 0 Å². The van der Waals surface area contributed by atoms with Gasteiger partial charge in [0.15, 0.2) is 0 Å². The summed E-state index contributed by atoms with van der Waals surface area (Å²) in [5.74, 6) is -1.79. The third-order valence-corrected chi connectivity index (χ3v) is 8.72. The van der Waals surface area contributed by atoms with Gasteiger partial charge in [0, 0.05) is 42.2 Å². The van der Waals surface area contributed by atoms with Gasteiger partial charge in [-0.3, -0.25) is 0 Å². The molecule has 0 saturated carbocycles. The molecule has 3 aliphatic heterocycles. The Morgan fingerprint density at radius 1 is 1.19 bits per heavy atom. The van der Waals surface area contributed by atoms with Gasteiger partial charge in [0.05, 0.1) is 21.8 Å². The molecule has 3 unspecified atom stereocenters. The second-order valence-electron chi connectivity index (χ2n) is 11.2. The third-order valence-electron chi connectivity index (χ3n) is 8.41. The molecule has 3 aromatic rings. The van der Waals surface area contributed by atoms with Crippen molar-refractivity contribution in [3.05, 3.63) is 34.6 Å². The molecule has 3 fully saturated rings. The molecule has 6 rings (SSSR count). The monoisotopic (exact) mass is 615 g/mol. The van der Waals surface area contributed by atoms with Crippen molar-refractivity contribution in [3.8, 4) is 17.3 Å². The van der Waals surface area contributed by atoms with Gasteiger partial charge in [-0.25, -0.2) is 18.2 Å². The highest BCUT2D eigenvalue weighted by Crippen LogP contribution is 2.44. The lowest BCUT2D eigenvalue weighted by Gasteiger charge is -2.41. The molecule has 2 bridgehead atoms. The molecule has 8 nitrogen and oxygen atoms in total. The third kappa shape index (κ3) is 5.17. The molecule has 0 spiro atoms. The molecular formula is C27H28ClF6N7O. The molecule has 3 N–H and O–H groups in total. The van der Waals surface area contributed by atoms with Crippen LogP contribution < -0.4 is 20.7 Å². The summed E-state index contributed by atoms with van der Waals surface area (Å²) in [4.78, 5) is 16.7. The largest absolute Gasteiger partial charge is 0.462 e. The molecule has 5 heterocycles. The lowest BCUT2D eigenvalue weighted by molar-refractivity contribution is -0.139. The Labute approximate surface area is 242 Å². The molecule has 3 aliphatic rings. The van der Waals surface area contributed by atoms with Gasteiger partial charge in [-0.05, 0) is 51.4 Å². The molecular weight excluding hydrogens is 588 g/mol. The molecule has 2 aromatic heterocycles. The molecule has 226 valence electrons. The average Bonchev–Trinajstić information content (AvgIpc) is 3.47. The fourth-order valence-electron chi connectivity index (χ4n) is 6.27. The maximum absolute atomic E-state index is 14.6. The Morgan fingerprint density at radius 3 is 2.67 bits per heavy atom. The van der Waals surface area contributed by atoms with E-state index in [4.69, 9.17) is 22.1 Å². The number of nitrogens with two attached hydrogens (primary N) is 1. The number of rotatable bonds is 6. The van der Waals surface area contributed by atoms with Gasteiger partial charge in [0.2, 0.25) is 0 Å². The van der Waals surface area contributed by atoms with Crippen LogP contribution in [0.2, 0.25) is 5.02 Å². The highest BCUT2D eigenvalue weighted by molar-refractivity contribution is 6.34. The smallest absolute Gasteiger partial charge is 0.421 e.